The number of imidazole rings is 1. The smallest absolute Gasteiger partial charge is 0.242 e. The first-order valence-electron chi connectivity index (χ1n) is 12.6. The first-order chi connectivity index (χ1) is 18.8. The second kappa shape index (κ2) is 11.5. The van der Waals surface area contributed by atoms with E-state index in [2.05, 4.69) is 5.32 Å². The molecule has 10 heteroatoms. The number of nitrogens with zero attached hydrogens (tertiary/aromatic N) is 3. The summed E-state index contributed by atoms with van der Waals surface area (Å²) in [7, 11) is 0. The highest BCUT2D eigenvalue weighted by atomic mass is 35.5. The predicted molar refractivity (Wildman–Crippen MR) is 146 cm³/mol. The molecule has 0 radical (unpaired) electrons. The third kappa shape index (κ3) is 5.95. The van der Waals surface area contributed by atoms with Crippen LogP contribution in [-0.4, -0.2) is 39.0 Å². The van der Waals surface area contributed by atoms with Crippen molar-refractivity contribution in [3.05, 3.63) is 101 Å². The highest BCUT2D eigenvalue weighted by Crippen LogP contribution is 2.34. The summed E-state index contributed by atoms with van der Waals surface area (Å²) in [4.78, 5) is 19.7. The minimum atomic E-state index is -0.846. The van der Waals surface area contributed by atoms with Crippen LogP contribution in [0.25, 0.3) is 11.3 Å². The van der Waals surface area contributed by atoms with Crippen molar-refractivity contribution in [1.82, 2.24) is 14.5 Å². The van der Waals surface area contributed by atoms with Crippen molar-refractivity contribution in [2.75, 3.05) is 11.9 Å². The maximum absolute atomic E-state index is 14.1. The van der Waals surface area contributed by atoms with E-state index in [9.17, 15) is 13.6 Å². The summed E-state index contributed by atoms with van der Waals surface area (Å²) >= 11 is 5.85. The highest BCUT2D eigenvalue weighted by Gasteiger charge is 2.32. The summed E-state index contributed by atoms with van der Waals surface area (Å²) in [6.07, 6.45) is -0.494. The van der Waals surface area contributed by atoms with Gasteiger partial charge < -0.3 is 25.3 Å². The summed E-state index contributed by atoms with van der Waals surface area (Å²) in [5, 5.41) is 3.25. The number of ether oxygens (including phenoxy) is 1. The Morgan fingerprint density at radius 3 is 2.56 bits per heavy atom. The molecule has 3 N–H and O–H groups in total. The van der Waals surface area contributed by atoms with E-state index in [0.29, 0.717) is 48.3 Å². The minimum Gasteiger partial charge on any atom is -0.372 e. The summed E-state index contributed by atoms with van der Waals surface area (Å²) < 4.78 is 35.6. The zero-order valence-corrected chi connectivity index (χ0v) is 22.0. The Morgan fingerprint density at radius 2 is 1.85 bits per heavy atom. The van der Waals surface area contributed by atoms with E-state index in [1.807, 2.05) is 34.9 Å². The third-order valence-corrected chi connectivity index (χ3v) is 7.04. The van der Waals surface area contributed by atoms with Gasteiger partial charge in [0.05, 0.1) is 24.3 Å². The fraction of sp³-hybridized carbons (Fsp3) is 0.241. The van der Waals surface area contributed by atoms with Gasteiger partial charge in [0.2, 0.25) is 5.91 Å². The SMILES string of the molecule is C[C@H](OCc1ccccc1)[C@H](N)C(=O)N1CCn2c(nc(-c3ccc(F)cc3)c2Nc2ccc(Cl)c(F)c2)C1. The normalized spacial score (nSPS) is 14.5. The number of hydrogen-bond acceptors (Lipinski definition) is 5. The number of benzene rings is 3. The maximum atomic E-state index is 14.1. The van der Waals surface area contributed by atoms with Crippen LogP contribution in [-0.2, 0) is 29.2 Å². The molecule has 0 fully saturated rings. The van der Waals surface area contributed by atoms with Gasteiger partial charge in [0, 0.05) is 24.3 Å². The van der Waals surface area contributed by atoms with Gasteiger partial charge in [0.15, 0.2) is 0 Å². The molecule has 2 heterocycles. The first kappa shape index (κ1) is 26.8. The van der Waals surface area contributed by atoms with Gasteiger partial charge in [-0.2, -0.15) is 0 Å². The van der Waals surface area contributed by atoms with Crippen LogP contribution >= 0.6 is 11.6 Å². The van der Waals surface area contributed by atoms with Crippen LogP contribution in [0, 0.1) is 11.6 Å². The van der Waals surface area contributed by atoms with E-state index in [1.54, 1.807) is 30.0 Å². The Labute approximate surface area is 230 Å². The van der Waals surface area contributed by atoms with E-state index >= 15 is 0 Å². The molecule has 0 aliphatic carbocycles. The number of hydrogen-bond donors (Lipinski definition) is 2. The van der Waals surface area contributed by atoms with Crippen molar-refractivity contribution in [2.24, 2.45) is 5.73 Å². The van der Waals surface area contributed by atoms with Crippen LogP contribution in [0.5, 0.6) is 0 Å². The Morgan fingerprint density at radius 1 is 1.10 bits per heavy atom. The van der Waals surface area contributed by atoms with Crippen LogP contribution in [0.2, 0.25) is 5.02 Å². The number of carbonyl (C=O) groups excluding carboxylic acids is 1. The monoisotopic (exact) mass is 551 g/mol. The van der Waals surface area contributed by atoms with E-state index in [0.717, 1.165) is 5.56 Å². The van der Waals surface area contributed by atoms with Crippen molar-refractivity contribution in [3.63, 3.8) is 0 Å². The van der Waals surface area contributed by atoms with Crippen molar-refractivity contribution in [2.45, 2.75) is 38.8 Å². The van der Waals surface area contributed by atoms with E-state index in [4.69, 9.17) is 27.1 Å². The van der Waals surface area contributed by atoms with Crippen LogP contribution in [0.3, 0.4) is 0 Å². The van der Waals surface area contributed by atoms with E-state index in [1.165, 1.54) is 24.3 Å². The number of fused-ring (bicyclic) bond motifs is 1. The largest absolute Gasteiger partial charge is 0.372 e. The second-order valence-electron chi connectivity index (χ2n) is 9.42. The topological polar surface area (TPSA) is 85.4 Å². The standard InChI is InChI=1S/C29H28ClF2N5O2/c1-18(39-17-19-5-3-2-4-6-19)26(33)29(38)36-13-14-37-25(16-36)35-27(20-7-9-21(31)10-8-20)28(37)34-22-11-12-23(30)24(32)15-22/h2-12,15,18,26,34H,13-14,16-17,33H2,1H3/t18-,26-/m0/s1. The highest BCUT2D eigenvalue weighted by molar-refractivity contribution is 6.30. The Kier molecular flexibility index (Phi) is 7.92. The van der Waals surface area contributed by atoms with Crippen LogP contribution in [0.15, 0.2) is 72.8 Å². The predicted octanol–water partition coefficient (Wildman–Crippen LogP) is 5.50. The number of rotatable bonds is 8. The lowest BCUT2D eigenvalue weighted by molar-refractivity contribution is -0.137. The van der Waals surface area contributed by atoms with Gasteiger partial charge in [-0.15, -0.1) is 0 Å². The Balaban J connectivity index is 1.36. The van der Waals surface area contributed by atoms with Gasteiger partial charge in [0.25, 0.3) is 0 Å². The molecule has 1 amide bonds. The number of halogens is 3. The lowest BCUT2D eigenvalue weighted by Gasteiger charge is -2.32. The average Bonchev–Trinajstić information content (AvgIpc) is 3.31. The molecule has 2 atom stereocenters. The molecule has 0 spiro atoms. The molecule has 3 aromatic carbocycles. The molecular formula is C29H28ClF2N5O2. The van der Waals surface area contributed by atoms with Crippen LogP contribution in [0.4, 0.5) is 20.3 Å². The number of nitrogens with one attached hydrogen (secondary N) is 1. The van der Waals surface area contributed by atoms with Crippen molar-refractivity contribution < 1.29 is 18.3 Å². The summed E-state index contributed by atoms with van der Waals surface area (Å²) in [5.41, 5.74) is 9.01. The number of anilines is 2. The third-order valence-electron chi connectivity index (χ3n) is 6.73. The average molecular weight is 552 g/mol. The number of amides is 1. The molecule has 0 unspecified atom stereocenters. The lowest BCUT2D eigenvalue weighted by Crippen LogP contribution is -2.51. The van der Waals surface area contributed by atoms with Crippen molar-refractivity contribution in [1.29, 1.82) is 0 Å². The molecule has 0 saturated heterocycles. The summed E-state index contributed by atoms with van der Waals surface area (Å²) in [6, 6.07) is 19.2. The maximum Gasteiger partial charge on any atom is 0.242 e. The van der Waals surface area contributed by atoms with Gasteiger partial charge in [0.1, 0.15) is 35.0 Å². The quantitative estimate of drug-likeness (QED) is 0.302. The second-order valence-corrected chi connectivity index (χ2v) is 9.83. The molecule has 1 aliphatic rings. The van der Waals surface area contributed by atoms with Gasteiger partial charge in [-0.3, -0.25) is 4.79 Å². The molecule has 1 aliphatic heterocycles. The fourth-order valence-electron chi connectivity index (χ4n) is 4.48. The summed E-state index contributed by atoms with van der Waals surface area (Å²) in [6.45, 7) is 3.20. The zero-order chi connectivity index (χ0) is 27.5. The molecule has 5 rings (SSSR count). The zero-order valence-electron chi connectivity index (χ0n) is 21.3. The minimum absolute atomic E-state index is 0.0158. The molecule has 4 aromatic rings. The Bertz CT molecular complexity index is 1460. The number of nitrogens with two attached hydrogens (primary N) is 1. The van der Waals surface area contributed by atoms with Gasteiger partial charge in [-0.05, 0) is 55.0 Å². The number of aromatic nitrogens is 2. The molecule has 0 saturated carbocycles. The Hall–Kier alpha value is -3.79. The molecule has 39 heavy (non-hydrogen) atoms. The lowest BCUT2D eigenvalue weighted by atomic mass is 10.1. The molecule has 1 aromatic heterocycles. The molecule has 7 nitrogen and oxygen atoms in total. The fourth-order valence-corrected chi connectivity index (χ4v) is 4.60. The van der Waals surface area contributed by atoms with Gasteiger partial charge in [-0.1, -0.05) is 41.9 Å². The van der Waals surface area contributed by atoms with Gasteiger partial charge >= 0.3 is 0 Å². The molecule has 202 valence electrons. The van der Waals surface area contributed by atoms with Crippen LogP contribution in [0.1, 0.15) is 18.3 Å². The molecule has 0 bridgehead atoms. The van der Waals surface area contributed by atoms with E-state index in [-0.39, 0.29) is 23.3 Å². The van der Waals surface area contributed by atoms with Crippen molar-refractivity contribution >= 4 is 29.0 Å². The summed E-state index contributed by atoms with van der Waals surface area (Å²) in [5.74, 6) is 0.0664. The van der Waals surface area contributed by atoms with Crippen LogP contribution < -0.4 is 11.1 Å². The van der Waals surface area contributed by atoms with E-state index < -0.39 is 18.0 Å². The van der Waals surface area contributed by atoms with Gasteiger partial charge in [-0.25, -0.2) is 13.8 Å². The first-order valence-corrected chi connectivity index (χ1v) is 13.0. The van der Waals surface area contributed by atoms with Crippen molar-refractivity contribution in [3.8, 4) is 11.3 Å². The number of carbonyl (C=O) groups is 1. The molecular weight excluding hydrogens is 524 g/mol.